The fourth-order valence-electron chi connectivity index (χ4n) is 3.01. The van der Waals surface area contributed by atoms with E-state index in [9.17, 15) is 14.7 Å². The summed E-state index contributed by atoms with van der Waals surface area (Å²) in [7, 11) is 0. The maximum absolute atomic E-state index is 12.2. The van der Waals surface area contributed by atoms with Gasteiger partial charge in [0.25, 0.3) is 0 Å². The van der Waals surface area contributed by atoms with Gasteiger partial charge in [-0.15, -0.1) is 0 Å². The van der Waals surface area contributed by atoms with Crippen molar-refractivity contribution in [3.05, 3.63) is 0 Å². The second kappa shape index (κ2) is 7.11. The molecule has 122 valence electrons. The molecule has 1 aliphatic heterocycles. The zero-order valence-corrected chi connectivity index (χ0v) is 13.8. The maximum atomic E-state index is 12.2. The number of carboxylic acid groups (broad SMARTS) is 1. The molecule has 0 bridgehead atoms. The monoisotopic (exact) mass is 299 g/mol. The Labute approximate surface area is 127 Å². The molecule has 0 aliphatic carbocycles. The minimum Gasteiger partial charge on any atom is -0.480 e. The van der Waals surface area contributed by atoms with E-state index in [0.29, 0.717) is 31.6 Å². The largest absolute Gasteiger partial charge is 0.480 e. The topological polar surface area (TPSA) is 72.9 Å². The van der Waals surface area contributed by atoms with E-state index in [-0.39, 0.29) is 6.03 Å². The number of urea groups is 1. The van der Waals surface area contributed by atoms with Gasteiger partial charge in [-0.05, 0) is 47.5 Å². The second-order valence-corrected chi connectivity index (χ2v) is 6.49. The number of hydrogen-bond donors (Lipinski definition) is 2. The standard InChI is InChI=1S/C15H29N3O3/c1-11(2)17(12(3)4)10-8-16-14(21)18-9-6-7-15(18,5)13(19)20/h11-12H,6-10H2,1-5H3,(H,16,21)(H,19,20). The number of nitrogens with one attached hydrogen (secondary N) is 1. The lowest BCUT2D eigenvalue weighted by Gasteiger charge is -2.33. The van der Waals surface area contributed by atoms with Crippen LogP contribution in [0, 0.1) is 0 Å². The van der Waals surface area contributed by atoms with Crippen molar-refractivity contribution >= 4 is 12.0 Å². The highest BCUT2D eigenvalue weighted by Gasteiger charge is 2.45. The molecule has 0 spiro atoms. The molecular formula is C15H29N3O3. The van der Waals surface area contributed by atoms with Crippen molar-refractivity contribution < 1.29 is 14.7 Å². The van der Waals surface area contributed by atoms with E-state index < -0.39 is 11.5 Å². The van der Waals surface area contributed by atoms with Crippen LogP contribution in [-0.4, -0.2) is 64.2 Å². The molecule has 1 saturated heterocycles. The highest BCUT2D eigenvalue weighted by Crippen LogP contribution is 2.29. The number of nitrogens with zero attached hydrogens (tertiary/aromatic N) is 2. The van der Waals surface area contributed by atoms with Gasteiger partial charge in [-0.25, -0.2) is 9.59 Å². The molecule has 0 aromatic carbocycles. The van der Waals surface area contributed by atoms with Crippen molar-refractivity contribution in [1.29, 1.82) is 0 Å². The molecule has 0 radical (unpaired) electrons. The molecule has 21 heavy (non-hydrogen) atoms. The molecule has 1 heterocycles. The van der Waals surface area contributed by atoms with Crippen molar-refractivity contribution in [2.45, 2.75) is 65.1 Å². The van der Waals surface area contributed by atoms with Crippen LogP contribution in [0.3, 0.4) is 0 Å². The number of likely N-dealkylation sites (tertiary alicyclic amines) is 1. The van der Waals surface area contributed by atoms with E-state index >= 15 is 0 Å². The Morgan fingerprint density at radius 3 is 2.33 bits per heavy atom. The minimum atomic E-state index is -1.07. The normalized spacial score (nSPS) is 22.4. The van der Waals surface area contributed by atoms with Crippen LogP contribution in [0.25, 0.3) is 0 Å². The van der Waals surface area contributed by atoms with Crippen molar-refractivity contribution in [3.63, 3.8) is 0 Å². The molecular weight excluding hydrogens is 270 g/mol. The van der Waals surface area contributed by atoms with Gasteiger partial charge in [0.05, 0.1) is 0 Å². The number of carbonyl (C=O) groups excluding carboxylic acids is 1. The predicted octanol–water partition coefficient (Wildman–Crippen LogP) is 1.75. The third-order valence-corrected chi connectivity index (χ3v) is 4.32. The molecule has 1 fully saturated rings. The van der Waals surface area contributed by atoms with Crippen LogP contribution in [0.1, 0.15) is 47.5 Å². The lowest BCUT2D eigenvalue weighted by Crippen LogP contribution is -2.55. The van der Waals surface area contributed by atoms with Gasteiger partial charge >= 0.3 is 12.0 Å². The molecule has 1 atom stereocenters. The van der Waals surface area contributed by atoms with Crippen LogP contribution in [0.5, 0.6) is 0 Å². The summed E-state index contributed by atoms with van der Waals surface area (Å²) in [5.41, 5.74) is -1.07. The Balaban J connectivity index is 2.52. The van der Waals surface area contributed by atoms with E-state index in [1.54, 1.807) is 6.92 Å². The van der Waals surface area contributed by atoms with Crippen molar-refractivity contribution in [1.82, 2.24) is 15.1 Å². The first-order valence-electron chi connectivity index (χ1n) is 7.74. The summed E-state index contributed by atoms with van der Waals surface area (Å²) in [5.74, 6) is -0.930. The molecule has 6 nitrogen and oxygen atoms in total. The quantitative estimate of drug-likeness (QED) is 0.784. The number of rotatable bonds is 6. The molecule has 2 amide bonds. The van der Waals surface area contributed by atoms with Gasteiger partial charge in [-0.2, -0.15) is 0 Å². The van der Waals surface area contributed by atoms with E-state index in [2.05, 4.69) is 37.9 Å². The minimum absolute atomic E-state index is 0.273. The Morgan fingerprint density at radius 2 is 1.86 bits per heavy atom. The Kier molecular flexibility index (Phi) is 6.01. The SMILES string of the molecule is CC(C)N(CCNC(=O)N1CCCC1(C)C(=O)O)C(C)C. The fourth-order valence-corrected chi connectivity index (χ4v) is 3.01. The summed E-state index contributed by atoms with van der Waals surface area (Å²) in [6.45, 7) is 11.9. The highest BCUT2D eigenvalue weighted by atomic mass is 16.4. The lowest BCUT2D eigenvalue weighted by atomic mass is 10.00. The van der Waals surface area contributed by atoms with E-state index in [1.807, 2.05) is 0 Å². The lowest BCUT2D eigenvalue weighted by molar-refractivity contribution is -0.147. The third kappa shape index (κ3) is 4.09. The van der Waals surface area contributed by atoms with Crippen LogP contribution < -0.4 is 5.32 Å². The summed E-state index contributed by atoms with van der Waals surface area (Å²) in [6, 6.07) is 0.556. The average Bonchev–Trinajstić information content (AvgIpc) is 2.77. The summed E-state index contributed by atoms with van der Waals surface area (Å²) in [6.07, 6.45) is 1.25. The summed E-state index contributed by atoms with van der Waals surface area (Å²) < 4.78 is 0. The molecule has 6 heteroatoms. The molecule has 1 unspecified atom stereocenters. The van der Waals surface area contributed by atoms with Crippen LogP contribution >= 0.6 is 0 Å². The van der Waals surface area contributed by atoms with Crippen LogP contribution in [0.4, 0.5) is 4.79 Å². The summed E-state index contributed by atoms with van der Waals surface area (Å²) in [5, 5.41) is 12.2. The van der Waals surface area contributed by atoms with Gasteiger partial charge in [0.1, 0.15) is 5.54 Å². The van der Waals surface area contributed by atoms with Crippen LogP contribution in [0.15, 0.2) is 0 Å². The van der Waals surface area contributed by atoms with Gasteiger partial charge in [0.2, 0.25) is 0 Å². The Bertz CT molecular complexity index is 376. The average molecular weight is 299 g/mol. The molecule has 0 aromatic rings. The molecule has 2 N–H and O–H groups in total. The first kappa shape index (κ1) is 17.8. The van der Waals surface area contributed by atoms with Gasteiger partial charge in [-0.3, -0.25) is 4.90 Å². The zero-order valence-electron chi connectivity index (χ0n) is 13.8. The maximum Gasteiger partial charge on any atom is 0.329 e. The van der Waals surface area contributed by atoms with Gasteiger partial charge in [-0.1, -0.05) is 0 Å². The van der Waals surface area contributed by atoms with Gasteiger partial charge in [0, 0.05) is 31.7 Å². The molecule has 0 saturated carbocycles. The Morgan fingerprint density at radius 1 is 1.29 bits per heavy atom. The summed E-state index contributed by atoms with van der Waals surface area (Å²) in [4.78, 5) is 27.3. The number of hydrogen-bond acceptors (Lipinski definition) is 3. The number of carboxylic acids is 1. The number of aliphatic carboxylic acids is 1. The molecule has 1 rings (SSSR count). The van der Waals surface area contributed by atoms with Gasteiger partial charge in [0.15, 0.2) is 0 Å². The summed E-state index contributed by atoms with van der Waals surface area (Å²) >= 11 is 0. The second-order valence-electron chi connectivity index (χ2n) is 6.49. The van der Waals surface area contributed by atoms with Crippen molar-refractivity contribution in [3.8, 4) is 0 Å². The van der Waals surface area contributed by atoms with Crippen molar-refractivity contribution in [2.75, 3.05) is 19.6 Å². The van der Waals surface area contributed by atoms with Gasteiger partial charge < -0.3 is 15.3 Å². The molecule has 0 aromatic heterocycles. The van der Waals surface area contributed by atoms with E-state index in [4.69, 9.17) is 0 Å². The van der Waals surface area contributed by atoms with Crippen molar-refractivity contribution in [2.24, 2.45) is 0 Å². The highest BCUT2D eigenvalue weighted by molar-refractivity contribution is 5.86. The predicted molar refractivity (Wildman–Crippen MR) is 82.4 cm³/mol. The van der Waals surface area contributed by atoms with Crippen LogP contribution in [-0.2, 0) is 4.79 Å². The van der Waals surface area contributed by atoms with Crippen LogP contribution in [0.2, 0.25) is 0 Å². The fraction of sp³-hybridized carbons (Fsp3) is 0.867. The molecule has 1 aliphatic rings. The van der Waals surface area contributed by atoms with E-state index in [0.717, 1.165) is 13.0 Å². The smallest absolute Gasteiger partial charge is 0.329 e. The first-order valence-corrected chi connectivity index (χ1v) is 7.74. The zero-order chi connectivity index (χ0) is 16.2. The first-order chi connectivity index (χ1) is 9.70. The number of amides is 2. The number of carbonyl (C=O) groups is 2. The third-order valence-electron chi connectivity index (χ3n) is 4.32. The Hall–Kier alpha value is -1.30. The van der Waals surface area contributed by atoms with E-state index in [1.165, 1.54) is 4.90 Å².